The minimum Gasteiger partial charge on any atom is -1.00 e. The summed E-state index contributed by atoms with van der Waals surface area (Å²) in [5, 5.41) is 9.99. The summed E-state index contributed by atoms with van der Waals surface area (Å²) < 4.78 is 187. The Balaban J connectivity index is 0.000000353. The van der Waals surface area contributed by atoms with E-state index in [0.717, 1.165) is 38.2 Å². The molecule has 2 fully saturated rings. The van der Waals surface area contributed by atoms with Crippen LogP contribution in [0.1, 0.15) is 77.8 Å². The van der Waals surface area contributed by atoms with Crippen LogP contribution in [0.25, 0.3) is 23.0 Å². The predicted molar refractivity (Wildman–Crippen MR) is 190 cm³/mol. The summed E-state index contributed by atoms with van der Waals surface area (Å²) in [4.78, 5) is 16.0. The van der Waals surface area contributed by atoms with Crippen LogP contribution in [-0.4, -0.2) is 107 Å². The molecule has 2 saturated carbocycles. The third-order valence-corrected chi connectivity index (χ3v) is 13.2. The Morgan fingerprint density at radius 2 is 1.25 bits per heavy atom. The van der Waals surface area contributed by atoms with Crippen LogP contribution in [0.3, 0.4) is 0 Å². The summed E-state index contributed by atoms with van der Waals surface area (Å²) in [5.41, 5.74) is -3.49. The molecule has 0 radical (unpaired) electrons. The molecule has 1 N–H and O–H groups in total. The Labute approximate surface area is 362 Å². The molecular formula is C32H38F9N8NaO7S3. The molecule has 0 atom stereocenters. The Morgan fingerprint density at radius 3 is 1.63 bits per heavy atom. The maximum atomic E-state index is 13.8. The quantitative estimate of drug-likeness (QED) is 0.0833. The van der Waals surface area contributed by atoms with Crippen molar-refractivity contribution in [2.45, 2.75) is 105 Å². The topological polar surface area (TPSA) is 210 Å². The van der Waals surface area contributed by atoms with Gasteiger partial charge in [0.1, 0.15) is 30.6 Å². The number of nitrogens with zero attached hydrogens (tertiary/aromatic N) is 7. The maximum Gasteiger partial charge on any atom is 1.00 e. The number of rotatable bonds is 14. The Morgan fingerprint density at radius 1 is 0.767 bits per heavy atom. The molecule has 0 aliphatic heterocycles. The first-order chi connectivity index (χ1) is 27.1. The van der Waals surface area contributed by atoms with E-state index in [1.54, 1.807) is 19.2 Å². The van der Waals surface area contributed by atoms with Crippen LogP contribution in [0, 0.1) is 0 Å². The number of sulfone groups is 2. The Kier molecular flexibility index (Phi) is 16.2. The van der Waals surface area contributed by atoms with Crippen molar-refractivity contribution in [3.8, 4) is 23.0 Å². The van der Waals surface area contributed by atoms with Crippen LogP contribution in [0.4, 0.5) is 39.5 Å². The molecule has 4 aromatic rings. The second-order valence-corrected chi connectivity index (χ2v) is 19.3. The van der Waals surface area contributed by atoms with Crippen molar-refractivity contribution in [1.29, 1.82) is 0 Å². The Hall–Kier alpha value is -3.24. The minimum absolute atomic E-state index is 0. The van der Waals surface area contributed by atoms with E-state index in [4.69, 9.17) is 0 Å². The van der Waals surface area contributed by atoms with Crippen molar-refractivity contribution in [2.24, 2.45) is 0 Å². The van der Waals surface area contributed by atoms with Crippen LogP contribution in [0.15, 0.2) is 47.0 Å². The van der Waals surface area contributed by atoms with Gasteiger partial charge in [0.15, 0.2) is 25.5 Å². The van der Waals surface area contributed by atoms with Crippen molar-refractivity contribution in [2.75, 3.05) is 18.1 Å². The van der Waals surface area contributed by atoms with Gasteiger partial charge in [0.05, 0.1) is 27.9 Å². The Bertz CT molecular complexity index is 2430. The number of H-pyrrole nitrogens is 1. The van der Waals surface area contributed by atoms with Gasteiger partial charge in [0, 0.05) is 19.3 Å². The van der Waals surface area contributed by atoms with Crippen LogP contribution < -0.4 is 29.6 Å². The fourth-order valence-corrected chi connectivity index (χ4v) is 7.55. The molecule has 2 aliphatic rings. The number of hydrogen-bond donors (Lipinski definition) is 1. The molecule has 28 heteroatoms. The predicted octanol–water partition coefficient (Wildman–Crippen LogP) is 3.46. The summed E-state index contributed by atoms with van der Waals surface area (Å²) in [7, 11) is -12.5. The summed E-state index contributed by atoms with van der Waals surface area (Å²) >= 11 is 0. The molecule has 0 saturated heterocycles. The minimum atomic E-state index is -5.63. The van der Waals surface area contributed by atoms with Crippen LogP contribution in [0.5, 0.6) is 0 Å². The summed E-state index contributed by atoms with van der Waals surface area (Å²) in [6, 6.07) is 3.15. The SMILES string of the molecule is CCOS(=O)(=O)C(F)(F)F.CCS(=O)(=O)c1cc(C2CC2)cnc1-c1ncn(CC(F)(F)C(F)(F)C(C)(F)F)n1.CCS(=O)(=O)c1cc(C2CC2)cnc1-c1ncn[nH]1.[H-].[Na+]. The average molecular weight is 937 g/mol. The number of aromatic amines is 1. The zero-order chi connectivity index (χ0) is 44.4. The number of alkyl halides is 9. The van der Waals surface area contributed by atoms with Gasteiger partial charge in [-0.2, -0.15) is 53.0 Å². The molecule has 2 aliphatic carbocycles. The third kappa shape index (κ3) is 12.0. The number of pyridine rings is 2. The van der Waals surface area contributed by atoms with Crippen molar-refractivity contribution in [3.05, 3.63) is 48.3 Å². The van der Waals surface area contributed by atoms with Crippen LogP contribution in [0.2, 0.25) is 0 Å². The van der Waals surface area contributed by atoms with Gasteiger partial charge >= 0.3 is 63.0 Å². The number of hydrogen-bond acceptors (Lipinski definition) is 13. The zero-order valence-electron chi connectivity index (χ0n) is 33.4. The standard InChI is InChI=1S/C17H18F6N4O2S.C12H14N4O2S.C3H5F3O3S.Na.H/c1-3-30(28,29)12-6-11(10-4-5-10)7-24-13(12)14-25-9-27(26-14)8-16(20,21)17(22,23)15(2,18)19;1-2-19(17,18)10-5-9(8-3-4-8)6-13-11(10)12-14-7-15-16-12;1-2-9-10(7,8)3(4,5)6;;/h6-7,9-10H,3-5,8H2,1-2H3;5-8H,2-4H2,1H3,(H,14,15,16);2H2,1H3;;/q;;;+1;-1. The van der Waals surface area contributed by atoms with E-state index in [-0.39, 0.29) is 75.5 Å². The second kappa shape index (κ2) is 19.0. The van der Waals surface area contributed by atoms with E-state index in [0.29, 0.717) is 29.3 Å². The van der Waals surface area contributed by atoms with Crippen molar-refractivity contribution >= 4 is 29.8 Å². The molecule has 330 valence electrons. The molecule has 0 spiro atoms. The second-order valence-electron chi connectivity index (χ2n) is 13.2. The van der Waals surface area contributed by atoms with Crippen molar-refractivity contribution < 1.29 is 99.9 Å². The summed E-state index contributed by atoms with van der Waals surface area (Å²) in [5.74, 6) is -15.3. The van der Waals surface area contributed by atoms with Gasteiger partial charge in [-0.05, 0) is 67.7 Å². The van der Waals surface area contributed by atoms with Crippen LogP contribution in [-0.2, 0) is 40.5 Å². The third-order valence-electron chi connectivity index (χ3n) is 8.59. The van der Waals surface area contributed by atoms with Gasteiger partial charge in [0.2, 0.25) is 5.82 Å². The molecule has 0 amide bonds. The molecule has 15 nitrogen and oxygen atoms in total. The normalized spacial score (nSPS) is 15.3. The van der Waals surface area contributed by atoms with E-state index >= 15 is 0 Å². The van der Waals surface area contributed by atoms with Gasteiger partial charge < -0.3 is 1.43 Å². The molecule has 0 unspecified atom stereocenters. The number of nitrogens with one attached hydrogen (secondary N) is 1. The van der Waals surface area contributed by atoms with Gasteiger partial charge in [0.25, 0.3) is 0 Å². The van der Waals surface area contributed by atoms with Gasteiger partial charge in [-0.3, -0.25) is 19.2 Å². The molecular weight excluding hydrogens is 899 g/mol. The van der Waals surface area contributed by atoms with E-state index in [1.807, 2.05) is 0 Å². The van der Waals surface area contributed by atoms with Crippen LogP contribution >= 0.6 is 0 Å². The number of aromatic nitrogens is 8. The van der Waals surface area contributed by atoms with E-state index in [9.17, 15) is 64.8 Å². The molecule has 6 rings (SSSR count). The fourth-order valence-electron chi connectivity index (χ4n) is 4.97. The summed E-state index contributed by atoms with van der Waals surface area (Å²) in [6.07, 6.45) is 9.10. The molecule has 60 heavy (non-hydrogen) atoms. The van der Waals surface area contributed by atoms with E-state index < -0.39 is 72.0 Å². The van der Waals surface area contributed by atoms with E-state index in [1.165, 1.54) is 25.5 Å². The van der Waals surface area contributed by atoms with E-state index in [2.05, 4.69) is 39.4 Å². The first-order valence-corrected chi connectivity index (χ1v) is 22.1. The average Bonchev–Trinajstić information content (AvgIpc) is 4.08. The van der Waals surface area contributed by atoms with Gasteiger partial charge in [-0.25, -0.2) is 31.5 Å². The van der Waals surface area contributed by atoms with Gasteiger partial charge in [-0.1, -0.05) is 13.8 Å². The zero-order valence-corrected chi connectivity index (χ0v) is 36.8. The molecule has 0 bridgehead atoms. The smallest absolute Gasteiger partial charge is 1.00 e. The monoisotopic (exact) mass is 936 g/mol. The first-order valence-electron chi connectivity index (χ1n) is 17.4. The molecule has 4 heterocycles. The van der Waals surface area contributed by atoms with Crippen molar-refractivity contribution in [1.82, 2.24) is 39.9 Å². The number of halogens is 9. The van der Waals surface area contributed by atoms with Crippen molar-refractivity contribution in [3.63, 3.8) is 0 Å². The fraction of sp³-hybridized carbons (Fsp3) is 0.562. The van der Waals surface area contributed by atoms with Gasteiger partial charge in [-0.15, -0.1) is 5.10 Å². The maximum absolute atomic E-state index is 13.8. The molecule has 0 aromatic carbocycles. The largest absolute Gasteiger partial charge is 1.00 e. The first kappa shape index (κ1) is 51.1. The molecule has 4 aromatic heterocycles. The summed E-state index contributed by atoms with van der Waals surface area (Å²) in [6.45, 7) is 1.49.